The summed E-state index contributed by atoms with van der Waals surface area (Å²) in [6, 6.07) is 5.35. The van der Waals surface area contributed by atoms with Crippen molar-refractivity contribution in [3.63, 3.8) is 0 Å². The van der Waals surface area contributed by atoms with Gasteiger partial charge < -0.3 is 15.5 Å². The molecule has 1 atom stereocenters. The lowest BCUT2D eigenvalue weighted by Gasteiger charge is -2.40. The van der Waals surface area contributed by atoms with Crippen molar-refractivity contribution in [2.45, 2.75) is 29.7 Å². The third-order valence-corrected chi connectivity index (χ3v) is 7.05. The molecule has 1 spiro atoms. The molecule has 3 rings (SSSR count). The lowest BCUT2D eigenvalue weighted by Crippen LogP contribution is -2.56. The van der Waals surface area contributed by atoms with Crippen LogP contribution in [0.1, 0.15) is 29.6 Å². The van der Waals surface area contributed by atoms with Crippen molar-refractivity contribution in [1.82, 2.24) is 9.62 Å². The van der Waals surface area contributed by atoms with Crippen molar-refractivity contribution in [1.29, 1.82) is 0 Å². The summed E-state index contributed by atoms with van der Waals surface area (Å²) in [5, 5.41) is 21.3. The Hall–Kier alpha value is -2.46. The van der Waals surface area contributed by atoms with Gasteiger partial charge in [-0.15, -0.1) is 0 Å². The first-order valence-corrected chi connectivity index (χ1v) is 9.48. The van der Waals surface area contributed by atoms with E-state index in [9.17, 15) is 33.0 Å². The molecule has 0 aliphatic carbocycles. The summed E-state index contributed by atoms with van der Waals surface area (Å²) < 4.78 is 26.9. The van der Waals surface area contributed by atoms with Gasteiger partial charge >= 0.3 is 11.9 Å². The summed E-state index contributed by atoms with van der Waals surface area (Å²) in [5.41, 5.74) is -1.27. The topological polar surface area (TPSA) is 141 Å². The van der Waals surface area contributed by atoms with Crippen molar-refractivity contribution in [3.8, 4) is 0 Å². The fourth-order valence-electron chi connectivity index (χ4n) is 3.73. The van der Waals surface area contributed by atoms with Gasteiger partial charge in [0.25, 0.3) is 0 Å². The Balaban J connectivity index is 1.85. The van der Waals surface area contributed by atoms with E-state index < -0.39 is 33.4 Å². The number of nitrogens with zero attached hydrogens (tertiary/aromatic N) is 1. The first-order chi connectivity index (χ1) is 12.2. The molecule has 2 aliphatic heterocycles. The zero-order chi connectivity index (χ0) is 19.1. The Labute approximate surface area is 149 Å². The SMILES string of the molecule is O=C1CC(C(=O)O)C2(CCN(S(=O)(=O)c3ccccc3C(=O)O)CC2)N1. The lowest BCUT2D eigenvalue weighted by molar-refractivity contribution is -0.144. The quantitative estimate of drug-likeness (QED) is 0.672. The van der Waals surface area contributed by atoms with Crippen LogP contribution in [0.15, 0.2) is 29.2 Å². The van der Waals surface area contributed by atoms with Crippen LogP contribution in [0.3, 0.4) is 0 Å². The molecule has 0 saturated carbocycles. The molecular weight excluding hydrogens is 364 g/mol. The van der Waals surface area contributed by atoms with Gasteiger partial charge in [-0.05, 0) is 25.0 Å². The molecular formula is C16H18N2O7S. The van der Waals surface area contributed by atoms with Gasteiger partial charge in [0.15, 0.2) is 0 Å². The fraction of sp³-hybridized carbons (Fsp3) is 0.438. The van der Waals surface area contributed by atoms with E-state index in [-0.39, 0.29) is 48.7 Å². The number of hydrogen-bond acceptors (Lipinski definition) is 5. The highest BCUT2D eigenvalue weighted by Crippen LogP contribution is 2.38. The van der Waals surface area contributed by atoms with Gasteiger partial charge in [0.05, 0.1) is 21.9 Å². The number of benzene rings is 1. The van der Waals surface area contributed by atoms with Crippen LogP contribution < -0.4 is 5.32 Å². The van der Waals surface area contributed by atoms with E-state index in [1.54, 1.807) is 0 Å². The highest BCUT2D eigenvalue weighted by molar-refractivity contribution is 7.89. The number of amides is 1. The summed E-state index contributed by atoms with van der Waals surface area (Å²) in [5.74, 6) is -3.68. The van der Waals surface area contributed by atoms with Crippen LogP contribution in [0.5, 0.6) is 0 Å². The van der Waals surface area contributed by atoms with Crippen LogP contribution in [0.25, 0.3) is 0 Å². The standard InChI is InChI=1S/C16H18N2O7S/c19-13-9-11(15(22)23)16(17-13)5-7-18(8-6-16)26(24,25)12-4-2-1-3-10(12)14(20)21/h1-4,11H,5-9H2,(H,17,19)(H,20,21)(H,22,23). The number of sulfonamides is 1. The lowest BCUT2D eigenvalue weighted by atomic mass is 9.78. The van der Waals surface area contributed by atoms with Crippen LogP contribution in [-0.4, -0.2) is 59.4 Å². The molecule has 10 heteroatoms. The largest absolute Gasteiger partial charge is 0.481 e. The maximum absolute atomic E-state index is 12.9. The molecule has 2 heterocycles. The van der Waals surface area contributed by atoms with Gasteiger partial charge in [-0.3, -0.25) is 9.59 Å². The molecule has 2 saturated heterocycles. The van der Waals surface area contributed by atoms with Gasteiger partial charge in [0.1, 0.15) is 0 Å². The van der Waals surface area contributed by atoms with E-state index in [1.165, 1.54) is 24.3 Å². The minimum Gasteiger partial charge on any atom is -0.481 e. The number of piperidine rings is 1. The van der Waals surface area contributed by atoms with E-state index >= 15 is 0 Å². The molecule has 0 bridgehead atoms. The monoisotopic (exact) mass is 382 g/mol. The number of carbonyl (C=O) groups excluding carboxylic acids is 1. The Morgan fingerprint density at radius 1 is 1.15 bits per heavy atom. The predicted molar refractivity (Wildman–Crippen MR) is 88.0 cm³/mol. The smallest absolute Gasteiger partial charge is 0.337 e. The number of aliphatic carboxylic acids is 1. The second kappa shape index (κ2) is 6.36. The van der Waals surface area contributed by atoms with Gasteiger partial charge in [-0.1, -0.05) is 12.1 Å². The highest BCUT2D eigenvalue weighted by atomic mass is 32.2. The van der Waals surface area contributed by atoms with E-state index in [2.05, 4.69) is 5.32 Å². The van der Waals surface area contributed by atoms with E-state index in [0.29, 0.717) is 0 Å². The van der Waals surface area contributed by atoms with Crippen LogP contribution in [-0.2, 0) is 19.6 Å². The molecule has 0 aromatic heterocycles. The Bertz CT molecular complexity index is 872. The Morgan fingerprint density at radius 3 is 2.35 bits per heavy atom. The van der Waals surface area contributed by atoms with Crippen molar-refractivity contribution in [2.24, 2.45) is 5.92 Å². The van der Waals surface area contributed by atoms with Gasteiger partial charge in [-0.25, -0.2) is 13.2 Å². The molecule has 1 aromatic carbocycles. The molecule has 140 valence electrons. The maximum Gasteiger partial charge on any atom is 0.337 e. The molecule has 2 aliphatic rings. The highest BCUT2D eigenvalue weighted by Gasteiger charge is 2.52. The fourth-order valence-corrected chi connectivity index (χ4v) is 5.35. The van der Waals surface area contributed by atoms with Crippen LogP contribution >= 0.6 is 0 Å². The Morgan fingerprint density at radius 2 is 1.77 bits per heavy atom. The molecule has 1 unspecified atom stereocenters. The first kappa shape index (κ1) is 18.3. The van der Waals surface area contributed by atoms with Crippen LogP contribution in [0.2, 0.25) is 0 Å². The molecule has 1 amide bonds. The van der Waals surface area contributed by atoms with Crippen LogP contribution in [0.4, 0.5) is 0 Å². The molecule has 9 nitrogen and oxygen atoms in total. The van der Waals surface area contributed by atoms with E-state index in [1.807, 2.05) is 0 Å². The molecule has 3 N–H and O–H groups in total. The average Bonchev–Trinajstić information content (AvgIpc) is 2.91. The maximum atomic E-state index is 12.9. The summed E-state index contributed by atoms with van der Waals surface area (Å²) in [6.45, 7) is 0.000688. The van der Waals surface area contributed by atoms with E-state index in [4.69, 9.17) is 0 Å². The molecule has 2 fully saturated rings. The normalized spacial score (nSPS) is 22.9. The van der Waals surface area contributed by atoms with Crippen molar-refractivity contribution in [2.75, 3.05) is 13.1 Å². The first-order valence-electron chi connectivity index (χ1n) is 8.04. The summed E-state index contributed by atoms with van der Waals surface area (Å²) >= 11 is 0. The summed E-state index contributed by atoms with van der Waals surface area (Å²) in [6.07, 6.45) is 0.193. The minimum atomic E-state index is -4.04. The number of rotatable bonds is 4. The molecule has 0 radical (unpaired) electrons. The third kappa shape index (κ3) is 2.95. The summed E-state index contributed by atoms with van der Waals surface area (Å²) in [4.78, 5) is 34.1. The number of carboxylic acid groups (broad SMARTS) is 2. The second-order valence-corrected chi connectivity index (χ2v) is 8.41. The number of nitrogens with one attached hydrogen (secondary N) is 1. The number of hydrogen-bond donors (Lipinski definition) is 3. The Kier molecular flexibility index (Phi) is 4.49. The van der Waals surface area contributed by atoms with Crippen molar-refractivity contribution in [3.05, 3.63) is 29.8 Å². The predicted octanol–water partition coefficient (Wildman–Crippen LogP) is 0.129. The van der Waals surface area contributed by atoms with Gasteiger partial charge in [0, 0.05) is 19.5 Å². The summed E-state index contributed by atoms with van der Waals surface area (Å²) in [7, 11) is -4.04. The minimum absolute atomic E-state index is 0.000344. The van der Waals surface area contributed by atoms with Crippen molar-refractivity contribution >= 4 is 27.9 Å². The van der Waals surface area contributed by atoms with Crippen LogP contribution in [0, 0.1) is 5.92 Å². The second-order valence-electron chi connectivity index (χ2n) is 6.50. The molecule has 26 heavy (non-hydrogen) atoms. The molecule has 1 aromatic rings. The number of carboxylic acids is 2. The van der Waals surface area contributed by atoms with Gasteiger partial charge in [0.2, 0.25) is 15.9 Å². The van der Waals surface area contributed by atoms with E-state index in [0.717, 1.165) is 4.31 Å². The van der Waals surface area contributed by atoms with Gasteiger partial charge in [-0.2, -0.15) is 4.31 Å². The third-order valence-electron chi connectivity index (χ3n) is 5.09. The zero-order valence-corrected chi connectivity index (χ0v) is 14.5. The number of aromatic carboxylic acids is 1. The zero-order valence-electron chi connectivity index (χ0n) is 13.7. The van der Waals surface area contributed by atoms with Crippen molar-refractivity contribution < 1.29 is 33.0 Å². The number of carbonyl (C=O) groups is 3. The average molecular weight is 382 g/mol.